The second-order valence-electron chi connectivity index (χ2n) is 7.06. The average Bonchev–Trinajstić information content (AvgIpc) is 3.17. The van der Waals surface area contributed by atoms with Gasteiger partial charge in [-0.3, -0.25) is 0 Å². The van der Waals surface area contributed by atoms with E-state index in [0.29, 0.717) is 12.1 Å². The Morgan fingerprint density at radius 1 is 1.35 bits per heavy atom. The molecule has 1 aromatic carbocycles. The Kier molecular flexibility index (Phi) is 4.66. The number of anilines is 1. The highest BCUT2D eigenvalue weighted by atomic mass is 35.5. The fourth-order valence-electron chi connectivity index (χ4n) is 2.41. The van der Waals surface area contributed by atoms with Crippen LogP contribution in [0.4, 0.5) is 5.69 Å². The van der Waals surface area contributed by atoms with Crippen LogP contribution in [0, 0.1) is 5.41 Å². The molecule has 0 heterocycles. The van der Waals surface area contributed by atoms with Crippen LogP contribution in [0.15, 0.2) is 18.2 Å². The molecule has 1 aliphatic rings. The quantitative estimate of drug-likeness (QED) is 0.862. The van der Waals surface area contributed by atoms with E-state index in [2.05, 4.69) is 51.0 Å². The standard InChI is InChI=1S/C17H27ClN2/c1-12(17(2,3)4)20(5)16-13(7-6-8-15(16)18)11-19-14-9-10-14/h6-8,12,14,19H,9-11H2,1-5H3. The number of hydrogen-bond acceptors (Lipinski definition) is 2. The molecule has 0 bridgehead atoms. The first-order valence-electron chi connectivity index (χ1n) is 7.54. The Balaban J connectivity index is 2.23. The highest BCUT2D eigenvalue weighted by Crippen LogP contribution is 2.35. The third kappa shape index (κ3) is 3.67. The van der Waals surface area contributed by atoms with Gasteiger partial charge in [0.25, 0.3) is 0 Å². The molecule has 1 unspecified atom stereocenters. The maximum absolute atomic E-state index is 6.48. The predicted octanol–water partition coefficient (Wildman–Crippen LogP) is 4.46. The lowest BCUT2D eigenvalue weighted by atomic mass is 9.86. The molecule has 0 saturated heterocycles. The summed E-state index contributed by atoms with van der Waals surface area (Å²) in [5.41, 5.74) is 2.68. The van der Waals surface area contributed by atoms with Crippen LogP contribution in [0.5, 0.6) is 0 Å². The number of hydrogen-bond donors (Lipinski definition) is 1. The lowest BCUT2D eigenvalue weighted by Crippen LogP contribution is -2.40. The Morgan fingerprint density at radius 2 is 2.00 bits per heavy atom. The lowest BCUT2D eigenvalue weighted by Gasteiger charge is -2.38. The Morgan fingerprint density at radius 3 is 2.55 bits per heavy atom. The van der Waals surface area contributed by atoms with Crippen LogP contribution >= 0.6 is 11.6 Å². The fraction of sp³-hybridized carbons (Fsp3) is 0.647. The van der Waals surface area contributed by atoms with E-state index in [1.165, 1.54) is 24.1 Å². The first-order valence-corrected chi connectivity index (χ1v) is 7.92. The SMILES string of the molecule is CC(N(C)c1c(Cl)cccc1CNC1CC1)C(C)(C)C. The highest BCUT2D eigenvalue weighted by Gasteiger charge is 2.27. The van der Waals surface area contributed by atoms with Crippen molar-refractivity contribution in [2.75, 3.05) is 11.9 Å². The number of nitrogens with zero attached hydrogens (tertiary/aromatic N) is 1. The normalized spacial score (nSPS) is 17.1. The molecular weight excluding hydrogens is 268 g/mol. The third-order valence-electron chi connectivity index (χ3n) is 4.42. The molecule has 112 valence electrons. The smallest absolute Gasteiger partial charge is 0.0642 e. The zero-order valence-electron chi connectivity index (χ0n) is 13.3. The maximum atomic E-state index is 6.48. The lowest BCUT2D eigenvalue weighted by molar-refractivity contribution is 0.329. The largest absolute Gasteiger partial charge is 0.370 e. The van der Waals surface area contributed by atoms with Crippen LogP contribution in [0.25, 0.3) is 0 Å². The van der Waals surface area contributed by atoms with Crippen LogP contribution in [-0.4, -0.2) is 19.1 Å². The van der Waals surface area contributed by atoms with Crippen LogP contribution < -0.4 is 10.2 Å². The molecule has 2 rings (SSSR count). The summed E-state index contributed by atoms with van der Waals surface area (Å²) in [5, 5.41) is 4.43. The van der Waals surface area contributed by atoms with Crippen molar-refractivity contribution >= 4 is 17.3 Å². The van der Waals surface area contributed by atoms with Gasteiger partial charge in [-0.1, -0.05) is 44.5 Å². The average molecular weight is 295 g/mol. The van der Waals surface area contributed by atoms with Crippen molar-refractivity contribution in [1.29, 1.82) is 0 Å². The first kappa shape index (κ1) is 15.7. The number of halogens is 1. The maximum Gasteiger partial charge on any atom is 0.0642 e. The number of rotatable bonds is 5. The summed E-state index contributed by atoms with van der Waals surface area (Å²) in [6.07, 6.45) is 2.62. The van der Waals surface area contributed by atoms with Gasteiger partial charge < -0.3 is 10.2 Å². The number of nitrogens with one attached hydrogen (secondary N) is 1. The molecule has 0 radical (unpaired) electrons. The minimum Gasteiger partial charge on any atom is -0.370 e. The third-order valence-corrected chi connectivity index (χ3v) is 4.72. The van der Waals surface area contributed by atoms with Crippen molar-refractivity contribution in [3.63, 3.8) is 0 Å². The predicted molar refractivity (Wildman–Crippen MR) is 88.6 cm³/mol. The molecule has 1 fully saturated rings. The highest BCUT2D eigenvalue weighted by molar-refractivity contribution is 6.33. The van der Waals surface area contributed by atoms with Gasteiger partial charge in [-0.15, -0.1) is 0 Å². The summed E-state index contributed by atoms with van der Waals surface area (Å²) in [4.78, 5) is 2.33. The molecule has 1 atom stereocenters. The zero-order valence-corrected chi connectivity index (χ0v) is 14.1. The van der Waals surface area contributed by atoms with Crippen molar-refractivity contribution in [1.82, 2.24) is 5.32 Å². The van der Waals surface area contributed by atoms with E-state index in [9.17, 15) is 0 Å². The minimum atomic E-state index is 0.217. The monoisotopic (exact) mass is 294 g/mol. The summed E-state index contributed by atoms with van der Waals surface area (Å²) < 4.78 is 0. The van der Waals surface area contributed by atoms with E-state index in [-0.39, 0.29) is 5.41 Å². The van der Waals surface area contributed by atoms with E-state index < -0.39 is 0 Å². The van der Waals surface area contributed by atoms with Crippen LogP contribution in [0.2, 0.25) is 5.02 Å². The molecular formula is C17H27ClN2. The van der Waals surface area contributed by atoms with Crippen LogP contribution in [0.3, 0.4) is 0 Å². The molecule has 20 heavy (non-hydrogen) atoms. The molecule has 1 aromatic rings. The summed E-state index contributed by atoms with van der Waals surface area (Å²) >= 11 is 6.48. The number of para-hydroxylation sites is 1. The molecule has 0 amide bonds. The molecule has 3 heteroatoms. The van der Waals surface area contributed by atoms with Crippen LogP contribution in [0.1, 0.15) is 46.1 Å². The second kappa shape index (κ2) is 5.95. The molecule has 0 aliphatic heterocycles. The summed E-state index contributed by atoms with van der Waals surface area (Å²) in [7, 11) is 2.15. The zero-order chi connectivity index (χ0) is 14.9. The molecule has 0 aromatic heterocycles. The van der Waals surface area contributed by atoms with Gasteiger partial charge in [0.1, 0.15) is 0 Å². The molecule has 2 nitrogen and oxygen atoms in total. The first-order chi connectivity index (χ1) is 9.30. The second-order valence-corrected chi connectivity index (χ2v) is 7.46. The van der Waals surface area contributed by atoms with Gasteiger partial charge in [-0.2, -0.15) is 0 Å². The van der Waals surface area contributed by atoms with Crippen molar-refractivity contribution < 1.29 is 0 Å². The van der Waals surface area contributed by atoms with E-state index in [4.69, 9.17) is 11.6 Å². The van der Waals surface area contributed by atoms with Gasteiger partial charge in [0.05, 0.1) is 10.7 Å². The molecule has 1 aliphatic carbocycles. The number of benzene rings is 1. The van der Waals surface area contributed by atoms with Gasteiger partial charge in [0.2, 0.25) is 0 Å². The van der Waals surface area contributed by atoms with Crippen molar-refractivity contribution in [3.8, 4) is 0 Å². The Hall–Kier alpha value is -0.730. The van der Waals surface area contributed by atoms with Gasteiger partial charge in [-0.05, 0) is 36.8 Å². The van der Waals surface area contributed by atoms with E-state index in [1.54, 1.807) is 0 Å². The Bertz CT molecular complexity index is 461. The van der Waals surface area contributed by atoms with Gasteiger partial charge in [0, 0.05) is 25.7 Å². The van der Waals surface area contributed by atoms with E-state index >= 15 is 0 Å². The fourth-order valence-corrected chi connectivity index (χ4v) is 2.74. The van der Waals surface area contributed by atoms with Gasteiger partial charge in [0.15, 0.2) is 0 Å². The van der Waals surface area contributed by atoms with Crippen molar-refractivity contribution in [2.45, 2.75) is 59.2 Å². The Labute approximate surface area is 128 Å². The summed E-state index contributed by atoms with van der Waals surface area (Å²) in [6, 6.07) is 7.35. The minimum absolute atomic E-state index is 0.217. The van der Waals surface area contributed by atoms with Crippen molar-refractivity contribution in [2.24, 2.45) is 5.41 Å². The van der Waals surface area contributed by atoms with Gasteiger partial charge >= 0.3 is 0 Å². The molecule has 1 N–H and O–H groups in total. The molecule has 1 saturated carbocycles. The van der Waals surface area contributed by atoms with Gasteiger partial charge in [-0.25, -0.2) is 0 Å². The summed E-state index contributed by atoms with van der Waals surface area (Å²) in [6.45, 7) is 9.98. The van der Waals surface area contributed by atoms with E-state index in [1.807, 2.05) is 12.1 Å². The summed E-state index contributed by atoms with van der Waals surface area (Å²) in [5.74, 6) is 0. The van der Waals surface area contributed by atoms with Crippen molar-refractivity contribution in [3.05, 3.63) is 28.8 Å². The van der Waals surface area contributed by atoms with Crippen LogP contribution in [-0.2, 0) is 6.54 Å². The molecule has 0 spiro atoms. The van der Waals surface area contributed by atoms with E-state index in [0.717, 1.165) is 11.6 Å². The topological polar surface area (TPSA) is 15.3 Å².